The third kappa shape index (κ3) is 4.64. The van der Waals surface area contributed by atoms with Gasteiger partial charge in [-0.25, -0.2) is 0 Å². The third-order valence-electron chi connectivity index (χ3n) is 2.78. The molecule has 0 radical (unpaired) electrons. The normalized spacial score (nSPS) is 11.3. The topological polar surface area (TPSA) is 41.1 Å². The van der Waals surface area contributed by atoms with Gasteiger partial charge >= 0.3 is 6.18 Å². The molecule has 1 aromatic heterocycles. The fourth-order valence-electron chi connectivity index (χ4n) is 1.67. The molecule has 1 aromatic carbocycles. The van der Waals surface area contributed by atoms with E-state index in [1.807, 2.05) is 17.5 Å². The number of benzene rings is 1. The summed E-state index contributed by atoms with van der Waals surface area (Å²) in [4.78, 5) is 12.7. The van der Waals surface area contributed by atoms with E-state index in [9.17, 15) is 18.0 Å². The van der Waals surface area contributed by atoms with Crippen molar-refractivity contribution in [2.24, 2.45) is 0 Å². The largest absolute Gasteiger partial charge is 0.416 e. The minimum atomic E-state index is -4.44. The number of halogens is 4. The van der Waals surface area contributed by atoms with E-state index >= 15 is 0 Å². The number of thiophene rings is 1. The number of carbonyl (C=O) groups excluding carboxylic acids is 1. The van der Waals surface area contributed by atoms with Crippen molar-refractivity contribution in [2.75, 3.05) is 11.9 Å². The lowest BCUT2D eigenvalue weighted by molar-refractivity contribution is -0.137. The summed E-state index contributed by atoms with van der Waals surface area (Å²) in [5, 5.41) is 7.23. The first-order valence-electron chi connectivity index (χ1n) is 6.26. The van der Waals surface area contributed by atoms with Gasteiger partial charge in [0, 0.05) is 4.88 Å². The van der Waals surface area contributed by atoms with Crippen LogP contribution in [0.25, 0.3) is 0 Å². The van der Waals surface area contributed by atoms with E-state index in [1.165, 1.54) is 17.4 Å². The highest BCUT2D eigenvalue weighted by atomic mass is 35.5. The fraction of sp³-hybridized carbons (Fsp3) is 0.214. The monoisotopic (exact) mass is 348 g/mol. The Morgan fingerprint density at radius 2 is 2.05 bits per heavy atom. The van der Waals surface area contributed by atoms with Gasteiger partial charge in [-0.2, -0.15) is 13.2 Å². The van der Waals surface area contributed by atoms with Crippen molar-refractivity contribution < 1.29 is 18.0 Å². The second-order valence-electron chi connectivity index (χ2n) is 4.40. The predicted molar refractivity (Wildman–Crippen MR) is 81.1 cm³/mol. The highest BCUT2D eigenvalue weighted by molar-refractivity contribution is 7.09. The van der Waals surface area contributed by atoms with Crippen LogP contribution in [-0.2, 0) is 17.5 Å². The van der Waals surface area contributed by atoms with Gasteiger partial charge in [0.05, 0.1) is 29.4 Å². The number of hydrogen-bond acceptors (Lipinski definition) is 3. The highest BCUT2D eigenvalue weighted by Gasteiger charge is 2.30. The Kier molecular flexibility index (Phi) is 5.31. The van der Waals surface area contributed by atoms with Crippen LogP contribution in [0.3, 0.4) is 0 Å². The Hall–Kier alpha value is -1.73. The molecule has 2 aromatic rings. The zero-order valence-electron chi connectivity index (χ0n) is 11.2. The van der Waals surface area contributed by atoms with E-state index in [2.05, 4.69) is 10.6 Å². The van der Waals surface area contributed by atoms with Gasteiger partial charge in [0.25, 0.3) is 0 Å². The molecule has 8 heteroatoms. The quantitative estimate of drug-likeness (QED) is 0.852. The molecule has 0 saturated carbocycles. The third-order valence-corrected chi connectivity index (χ3v) is 3.96. The van der Waals surface area contributed by atoms with Crippen LogP contribution in [0.15, 0.2) is 35.7 Å². The first-order valence-corrected chi connectivity index (χ1v) is 7.52. The van der Waals surface area contributed by atoms with Gasteiger partial charge in [-0.1, -0.05) is 17.7 Å². The molecule has 0 unspecified atom stereocenters. The molecule has 0 aliphatic carbocycles. The molecule has 118 valence electrons. The Labute approximate surface area is 134 Å². The lowest BCUT2D eigenvalue weighted by Crippen LogP contribution is -2.29. The van der Waals surface area contributed by atoms with Crippen molar-refractivity contribution >= 4 is 34.5 Å². The van der Waals surface area contributed by atoms with Crippen molar-refractivity contribution in [3.8, 4) is 0 Å². The lowest BCUT2D eigenvalue weighted by atomic mass is 10.2. The maximum Gasteiger partial charge on any atom is 0.416 e. The zero-order valence-corrected chi connectivity index (χ0v) is 12.8. The van der Waals surface area contributed by atoms with Crippen molar-refractivity contribution in [3.63, 3.8) is 0 Å². The molecule has 0 aliphatic rings. The number of anilines is 1. The van der Waals surface area contributed by atoms with Gasteiger partial charge in [0.2, 0.25) is 5.91 Å². The predicted octanol–water partition coefficient (Wildman–Crippen LogP) is 4.15. The molecule has 0 spiro atoms. The average Bonchev–Trinajstić information content (AvgIpc) is 2.96. The molecule has 0 aliphatic heterocycles. The van der Waals surface area contributed by atoms with E-state index in [4.69, 9.17) is 11.6 Å². The SMILES string of the molecule is O=C(CNc1ccc(C(F)(F)F)cc1Cl)NCc1cccs1. The second-order valence-corrected chi connectivity index (χ2v) is 5.84. The van der Waals surface area contributed by atoms with Crippen molar-refractivity contribution in [2.45, 2.75) is 12.7 Å². The number of rotatable bonds is 5. The first kappa shape index (κ1) is 16.6. The summed E-state index contributed by atoms with van der Waals surface area (Å²) in [6.45, 7) is 0.343. The summed E-state index contributed by atoms with van der Waals surface area (Å²) in [5.41, 5.74) is -0.550. The average molecular weight is 349 g/mol. The van der Waals surface area contributed by atoms with Crippen LogP contribution in [0.5, 0.6) is 0 Å². The Morgan fingerprint density at radius 3 is 2.64 bits per heavy atom. The number of nitrogens with one attached hydrogen (secondary N) is 2. The Morgan fingerprint density at radius 1 is 1.27 bits per heavy atom. The maximum atomic E-state index is 12.5. The van der Waals surface area contributed by atoms with Crippen LogP contribution in [0.1, 0.15) is 10.4 Å². The smallest absolute Gasteiger partial charge is 0.375 e. The van der Waals surface area contributed by atoms with Crippen LogP contribution in [0.2, 0.25) is 5.02 Å². The summed E-state index contributed by atoms with van der Waals surface area (Å²) in [6, 6.07) is 6.72. The number of hydrogen-bond donors (Lipinski definition) is 2. The van der Waals surface area contributed by atoms with Crippen LogP contribution in [-0.4, -0.2) is 12.5 Å². The first-order chi connectivity index (χ1) is 10.4. The van der Waals surface area contributed by atoms with E-state index in [0.29, 0.717) is 6.54 Å². The molecular formula is C14H12ClF3N2OS. The second kappa shape index (κ2) is 7.02. The molecule has 0 fully saturated rings. The van der Waals surface area contributed by atoms with E-state index in [1.54, 1.807) is 0 Å². The maximum absolute atomic E-state index is 12.5. The molecule has 3 nitrogen and oxygen atoms in total. The van der Waals surface area contributed by atoms with Crippen LogP contribution in [0.4, 0.5) is 18.9 Å². The summed E-state index contributed by atoms with van der Waals surface area (Å²) < 4.78 is 37.5. The fourth-order valence-corrected chi connectivity index (χ4v) is 2.56. The van der Waals surface area contributed by atoms with Crippen LogP contribution < -0.4 is 10.6 Å². The molecule has 22 heavy (non-hydrogen) atoms. The molecule has 2 N–H and O–H groups in total. The standard InChI is InChI=1S/C14H12ClF3N2OS/c15-11-6-9(14(16,17)18)3-4-12(11)19-8-13(21)20-7-10-2-1-5-22-10/h1-6,19H,7-8H2,(H,20,21). The van der Waals surface area contributed by atoms with Gasteiger partial charge in [-0.3, -0.25) is 4.79 Å². The lowest BCUT2D eigenvalue weighted by Gasteiger charge is -2.11. The van der Waals surface area contributed by atoms with Gasteiger partial charge in [0.1, 0.15) is 0 Å². The van der Waals surface area contributed by atoms with E-state index < -0.39 is 11.7 Å². The van der Waals surface area contributed by atoms with Crippen LogP contribution >= 0.6 is 22.9 Å². The van der Waals surface area contributed by atoms with E-state index in [0.717, 1.165) is 17.0 Å². The molecule has 1 amide bonds. The van der Waals surface area contributed by atoms with Crippen LogP contribution in [0, 0.1) is 0 Å². The molecular weight excluding hydrogens is 337 g/mol. The molecule has 2 rings (SSSR count). The van der Waals surface area contributed by atoms with Crippen molar-refractivity contribution in [3.05, 3.63) is 51.2 Å². The minimum absolute atomic E-state index is 0.0730. The summed E-state index contributed by atoms with van der Waals surface area (Å²) in [6.07, 6.45) is -4.44. The number of carbonyl (C=O) groups is 1. The highest BCUT2D eigenvalue weighted by Crippen LogP contribution is 2.33. The van der Waals surface area contributed by atoms with E-state index in [-0.39, 0.29) is 23.2 Å². The van der Waals surface area contributed by atoms with Crippen molar-refractivity contribution in [1.29, 1.82) is 0 Å². The minimum Gasteiger partial charge on any atom is -0.375 e. The number of alkyl halides is 3. The van der Waals surface area contributed by atoms with Gasteiger partial charge in [-0.15, -0.1) is 11.3 Å². The molecule has 1 heterocycles. The molecule has 0 saturated heterocycles. The Balaban J connectivity index is 1.87. The summed E-state index contributed by atoms with van der Waals surface area (Å²) in [7, 11) is 0. The van der Waals surface area contributed by atoms with Gasteiger partial charge < -0.3 is 10.6 Å². The van der Waals surface area contributed by atoms with Gasteiger partial charge in [0.15, 0.2) is 0 Å². The summed E-state index contributed by atoms with van der Waals surface area (Å²) in [5.74, 6) is -0.274. The molecule has 0 bridgehead atoms. The summed E-state index contributed by atoms with van der Waals surface area (Å²) >= 11 is 7.31. The number of amides is 1. The molecule has 0 atom stereocenters. The van der Waals surface area contributed by atoms with Gasteiger partial charge in [-0.05, 0) is 29.6 Å². The van der Waals surface area contributed by atoms with Crippen molar-refractivity contribution in [1.82, 2.24) is 5.32 Å². The Bertz CT molecular complexity index is 644. The zero-order chi connectivity index (χ0) is 16.2.